The Morgan fingerprint density at radius 1 is 1.43 bits per heavy atom. The van der Waals surface area contributed by atoms with Crippen molar-refractivity contribution in [2.24, 2.45) is 0 Å². The predicted octanol–water partition coefficient (Wildman–Crippen LogP) is 1.98. The summed E-state index contributed by atoms with van der Waals surface area (Å²) in [6.45, 7) is 3.39. The second-order valence-electron chi connectivity index (χ2n) is 5.41. The average molecular weight is 297 g/mol. The van der Waals surface area contributed by atoms with Crippen LogP contribution in [0.15, 0.2) is 18.2 Å². The van der Waals surface area contributed by atoms with E-state index in [-0.39, 0.29) is 17.6 Å². The first kappa shape index (κ1) is 15.9. The zero-order chi connectivity index (χ0) is 15.4. The van der Waals surface area contributed by atoms with Crippen molar-refractivity contribution in [3.05, 3.63) is 29.8 Å². The molecule has 1 aromatic rings. The minimum atomic E-state index is -0.635. The molecule has 1 aliphatic rings. The van der Waals surface area contributed by atoms with Gasteiger partial charge in [0.05, 0.1) is 11.7 Å². The summed E-state index contributed by atoms with van der Waals surface area (Å²) >= 11 is 0. The highest BCUT2D eigenvalue weighted by molar-refractivity contribution is 5.94. The van der Waals surface area contributed by atoms with Gasteiger partial charge in [-0.05, 0) is 45.5 Å². The van der Waals surface area contributed by atoms with Crippen molar-refractivity contribution in [1.82, 2.24) is 10.2 Å². The molecule has 2 N–H and O–H groups in total. The highest BCUT2D eigenvalue weighted by Gasteiger charge is 2.27. The highest BCUT2D eigenvalue weighted by Crippen LogP contribution is 2.18. The Morgan fingerprint density at radius 3 is 2.90 bits per heavy atom. The molecule has 116 valence electrons. The number of rotatable bonds is 4. The van der Waals surface area contributed by atoms with Crippen molar-refractivity contribution in [1.29, 1.82) is 0 Å². The quantitative estimate of drug-likeness (QED) is 0.893. The van der Waals surface area contributed by atoms with Crippen LogP contribution in [0, 0.1) is 11.6 Å². The van der Waals surface area contributed by atoms with E-state index in [1.54, 1.807) is 6.92 Å². The molecule has 21 heavy (non-hydrogen) atoms. The Morgan fingerprint density at radius 2 is 2.19 bits per heavy atom. The second-order valence-corrected chi connectivity index (χ2v) is 5.41. The van der Waals surface area contributed by atoms with Crippen LogP contribution in [0.3, 0.4) is 0 Å². The molecule has 6 heteroatoms. The number of likely N-dealkylation sites (tertiary alicyclic amines) is 1. The van der Waals surface area contributed by atoms with Crippen molar-refractivity contribution < 1.29 is 13.6 Å². The van der Waals surface area contributed by atoms with Gasteiger partial charge in [0.15, 0.2) is 0 Å². The molecule has 2 atom stereocenters. The number of benzene rings is 1. The lowest BCUT2D eigenvalue weighted by Crippen LogP contribution is -2.51. The first-order valence-corrected chi connectivity index (χ1v) is 7.18. The summed E-state index contributed by atoms with van der Waals surface area (Å²) in [4.78, 5) is 14.3. The van der Waals surface area contributed by atoms with E-state index < -0.39 is 11.6 Å². The zero-order valence-electron chi connectivity index (χ0n) is 12.3. The third-order valence-electron chi connectivity index (χ3n) is 3.97. The third-order valence-corrected chi connectivity index (χ3v) is 3.97. The Labute approximate surface area is 123 Å². The monoisotopic (exact) mass is 297 g/mol. The van der Waals surface area contributed by atoms with Crippen molar-refractivity contribution in [2.75, 3.05) is 25.5 Å². The van der Waals surface area contributed by atoms with Crippen LogP contribution in [-0.4, -0.2) is 43.0 Å². The summed E-state index contributed by atoms with van der Waals surface area (Å²) in [6, 6.07) is 3.00. The molecule has 0 aromatic heterocycles. The number of hydrogen-bond donors (Lipinski definition) is 2. The van der Waals surface area contributed by atoms with Gasteiger partial charge in [0, 0.05) is 18.7 Å². The molecule has 0 spiro atoms. The molecule has 2 unspecified atom stereocenters. The Balaban J connectivity index is 2.00. The maximum absolute atomic E-state index is 13.5. The molecule has 1 amide bonds. The topological polar surface area (TPSA) is 44.4 Å². The SMILES string of the molecule is CNC1CCCN(C(C)C(=O)Nc2cc(F)ccc2F)C1. The lowest BCUT2D eigenvalue weighted by Gasteiger charge is -2.35. The van der Waals surface area contributed by atoms with Crippen LogP contribution >= 0.6 is 0 Å². The number of likely N-dealkylation sites (N-methyl/N-ethyl adjacent to an activating group) is 1. The maximum atomic E-state index is 13.5. The van der Waals surface area contributed by atoms with Crippen LogP contribution in [0.2, 0.25) is 0 Å². The molecule has 4 nitrogen and oxygen atoms in total. The van der Waals surface area contributed by atoms with Gasteiger partial charge in [-0.2, -0.15) is 0 Å². The normalized spacial score (nSPS) is 21.0. The van der Waals surface area contributed by atoms with Crippen molar-refractivity contribution in [3.8, 4) is 0 Å². The lowest BCUT2D eigenvalue weighted by molar-refractivity contribution is -0.121. The number of nitrogens with one attached hydrogen (secondary N) is 2. The number of nitrogens with zero attached hydrogens (tertiary/aromatic N) is 1. The second kappa shape index (κ2) is 6.95. The minimum Gasteiger partial charge on any atom is -0.322 e. The lowest BCUT2D eigenvalue weighted by atomic mass is 10.0. The van der Waals surface area contributed by atoms with Gasteiger partial charge < -0.3 is 10.6 Å². The maximum Gasteiger partial charge on any atom is 0.241 e. The van der Waals surface area contributed by atoms with Crippen LogP contribution in [0.25, 0.3) is 0 Å². The van der Waals surface area contributed by atoms with E-state index in [0.29, 0.717) is 6.04 Å². The van der Waals surface area contributed by atoms with Crippen LogP contribution in [0.4, 0.5) is 14.5 Å². The summed E-state index contributed by atoms with van der Waals surface area (Å²) in [7, 11) is 1.90. The number of carbonyl (C=O) groups is 1. The number of anilines is 1. The van der Waals surface area contributed by atoms with Gasteiger partial charge in [-0.3, -0.25) is 9.69 Å². The Bertz CT molecular complexity index is 510. The van der Waals surface area contributed by atoms with Crippen molar-refractivity contribution >= 4 is 11.6 Å². The summed E-state index contributed by atoms with van der Waals surface area (Å²) in [6.07, 6.45) is 2.09. The first-order chi connectivity index (χ1) is 10.0. The van der Waals surface area contributed by atoms with Crippen molar-refractivity contribution in [2.45, 2.75) is 31.8 Å². The summed E-state index contributed by atoms with van der Waals surface area (Å²) < 4.78 is 26.7. The fourth-order valence-corrected chi connectivity index (χ4v) is 2.59. The van der Waals surface area contributed by atoms with E-state index >= 15 is 0 Å². The Kier molecular flexibility index (Phi) is 5.25. The molecular weight excluding hydrogens is 276 g/mol. The van der Waals surface area contributed by atoms with Crippen LogP contribution in [-0.2, 0) is 4.79 Å². The third kappa shape index (κ3) is 3.98. The van der Waals surface area contributed by atoms with Crippen molar-refractivity contribution in [3.63, 3.8) is 0 Å². The minimum absolute atomic E-state index is 0.117. The summed E-state index contributed by atoms with van der Waals surface area (Å²) in [5.41, 5.74) is -0.117. The van der Waals surface area contributed by atoms with Gasteiger partial charge in [0.25, 0.3) is 0 Å². The molecule has 0 saturated carbocycles. The molecule has 2 rings (SSSR count). The molecule has 1 aromatic carbocycles. The fourth-order valence-electron chi connectivity index (χ4n) is 2.59. The van der Waals surface area contributed by atoms with Crippen LogP contribution < -0.4 is 10.6 Å². The van der Waals surface area contributed by atoms with E-state index in [1.165, 1.54) is 0 Å². The number of halogens is 2. The van der Waals surface area contributed by atoms with E-state index in [1.807, 2.05) is 7.05 Å². The number of piperidine rings is 1. The molecule has 1 aliphatic heterocycles. The van der Waals surface area contributed by atoms with Gasteiger partial charge in [0.1, 0.15) is 11.6 Å². The predicted molar refractivity (Wildman–Crippen MR) is 78.1 cm³/mol. The zero-order valence-corrected chi connectivity index (χ0v) is 12.3. The first-order valence-electron chi connectivity index (χ1n) is 7.18. The van der Waals surface area contributed by atoms with Gasteiger partial charge in [-0.1, -0.05) is 0 Å². The number of hydrogen-bond acceptors (Lipinski definition) is 3. The van der Waals surface area contributed by atoms with Gasteiger partial charge in [-0.25, -0.2) is 8.78 Å². The molecular formula is C15H21F2N3O. The van der Waals surface area contributed by atoms with E-state index in [4.69, 9.17) is 0 Å². The molecule has 0 bridgehead atoms. The largest absolute Gasteiger partial charge is 0.322 e. The molecule has 1 fully saturated rings. The standard InChI is InChI=1S/C15H21F2N3O/c1-10(20-7-3-4-12(9-20)18-2)15(21)19-14-8-11(16)5-6-13(14)17/h5-6,8,10,12,18H,3-4,7,9H2,1-2H3,(H,19,21). The average Bonchev–Trinajstić information content (AvgIpc) is 2.50. The fraction of sp³-hybridized carbons (Fsp3) is 0.533. The van der Waals surface area contributed by atoms with E-state index in [2.05, 4.69) is 15.5 Å². The van der Waals surface area contributed by atoms with Gasteiger partial charge >= 0.3 is 0 Å². The van der Waals surface area contributed by atoms with Crippen LogP contribution in [0.1, 0.15) is 19.8 Å². The van der Waals surface area contributed by atoms with E-state index in [9.17, 15) is 13.6 Å². The van der Waals surface area contributed by atoms with Gasteiger partial charge in [0.2, 0.25) is 5.91 Å². The number of amides is 1. The highest BCUT2D eigenvalue weighted by atomic mass is 19.1. The summed E-state index contributed by atoms with van der Waals surface area (Å²) in [5, 5.41) is 5.68. The molecule has 0 radical (unpaired) electrons. The molecule has 1 saturated heterocycles. The smallest absolute Gasteiger partial charge is 0.241 e. The Hall–Kier alpha value is -1.53. The summed E-state index contributed by atoms with van der Waals surface area (Å²) in [5.74, 6) is -1.53. The van der Waals surface area contributed by atoms with Gasteiger partial charge in [-0.15, -0.1) is 0 Å². The number of carbonyl (C=O) groups excluding carboxylic acids is 1. The van der Waals surface area contributed by atoms with E-state index in [0.717, 1.165) is 44.1 Å². The van der Waals surface area contributed by atoms with Crippen LogP contribution in [0.5, 0.6) is 0 Å². The molecule has 1 heterocycles. The molecule has 0 aliphatic carbocycles.